The van der Waals surface area contributed by atoms with Crippen LogP contribution in [0.25, 0.3) is 0 Å². The first kappa shape index (κ1) is 12.2. The molecule has 2 rings (SSSR count). The number of carbonyl (C=O) groups is 1. The molecule has 0 radical (unpaired) electrons. The van der Waals surface area contributed by atoms with Crippen LogP contribution in [0.2, 0.25) is 0 Å². The molecule has 1 aromatic heterocycles. The molecule has 0 unspecified atom stereocenters. The normalized spacial score (nSPS) is 10.2. The lowest BCUT2D eigenvalue weighted by molar-refractivity contribution is 0.0987. The van der Waals surface area contributed by atoms with Gasteiger partial charge in [0.25, 0.3) is 11.8 Å². The quantitative estimate of drug-likeness (QED) is 0.903. The van der Waals surface area contributed by atoms with E-state index in [0.29, 0.717) is 0 Å². The van der Waals surface area contributed by atoms with Gasteiger partial charge in [-0.15, -0.1) is 0 Å². The van der Waals surface area contributed by atoms with Gasteiger partial charge < -0.3 is 14.6 Å². The zero-order valence-corrected chi connectivity index (χ0v) is 10.5. The highest BCUT2D eigenvalue weighted by Gasteiger charge is 2.13. The van der Waals surface area contributed by atoms with E-state index in [2.05, 4.69) is 10.5 Å². The van der Waals surface area contributed by atoms with Crippen molar-refractivity contribution in [1.82, 2.24) is 5.16 Å². The fourth-order valence-electron chi connectivity index (χ4n) is 1.70. The number of nitrogens with zero attached hydrogens (tertiary/aromatic N) is 1. The second-order valence-corrected chi connectivity index (χ2v) is 4.06. The highest BCUT2D eigenvalue weighted by molar-refractivity contribution is 6.02. The number of rotatable bonds is 3. The molecule has 94 valence electrons. The summed E-state index contributed by atoms with van der Waals surface area (Å²) in [6.45, 7) is 3.94. The van der Waals surface area contributed by atoms with Crippen LogP contribution in [0.3, 0.4) is 0 Å². The molecule has 0 atom stereocenters. The van der Waals surface area contributed by atoms with E-state index in [1.807, 2.05) is 32.0 Å². The number of nitrogens with one attached hydrogen (secondary N) is 1. The SMILES string of the molecule is COc1cc(C(=O)Nc2cc(C)cc(C)c2)on1. The van der Waals surface area contributed by atoms with Crippen LogP contribution in [0.1, 0.15) is 21.7 Å². The van der Waals surface area contributed by atoms with E-state index >= 15 is 0 Å². The van der Waals surface area contributed by atoms with Crippen molar-refractivity contribution >= 4 is 11.6 Å². The number of aryl methyl sites for hydroxylation is 2. The maximum Gasteiger partial charge on any atom is 0.294 e. The predicted molar refractivity (Wildman–Crippen MR) is 66.9 cm³/mol. The first-order valence-electron chi connectivity index (χ1n) is 5.49. The lowest BCUT2D eigenvalue weighted by Gasteiger charge is -2.05. The summed E-state index contributed by atoms with van der Waals surface area (Å²) in [7, 11) is 1.46. The van der Waals surface area contributed by atoms with E-state index in [1.165, 1.54) is 13.2 Å². The van der Waals surface area contributed by atoms with E-state index in [1.54, 1.807) is 0 Å². The van der Waals surface area contributed by atoms with Gasteiger partial charge in [-0.05, 0) is 42.3 Å². The largest absolute Gasteiger partial charge is 0.479 e. The Morgan fingerprint density at radius 3 is 2.44 bits per heavy atom. The van der Waals surface area contributed by atoms with Crippen molar-refractivity contribution in [2.24, 2.45) is 0 Å². The number of amides is 1. The molecular weight excluding hydrogens is 232 g/mol. The summed E-state index contributed by atoms with van der Waals surface area (Å²) in [6.07, 6.45) is 0. The third-order valence-electron chi connectivity index (χ3n) is 2.40. The number of carbonyl (C=O) groups excluding carboxylic acids is 1. The molecule has 0 fully saturated rings. The molecule has 1 aromatic carbocycles. The number of benzene rings is 1. The van der Waals surface area contributed by atoms with E-state index < -0.39 is 0 Å². The van der Waals surface area contributed by atoms with Gasteiger partial charge in [-0.25, -0.2) is 0 Å². The summed E-state index contributed by atoms with van der Waals surface area (Å²) in [5.74, 6) is 0.0439. The highest BCUT2D eigenvalue weighted by Crippen LogP contribution is 2.16. The molecular formula is C13H14N2O3. The monoisotopic (exact) mass is 246 g/mol. The summed E-state index contributed by atoms with van der Waals surface area (Å²) in [5.41, 5.74) is 2.90. The van der Waals surface area contributed by atoms with Gasteiger partial charge in [0.1, 0.15) is 0 Å². The van der Waals surface area contributed by atoms with Gasteiger partial charge in [-0.3, -0.25) is 4.79 Å². The van der Waals surface area contributed by atoms with Gasteiger partial charge in [0.2, 0.25) is 5.76 Å². The van der Waals surface area contributed by atoms with Gasteiger partial charge >= 0.3 is 0 Å². The first-order valence-corrected chi connectivity index (χ1v) is 5.49. The van der Waals surface area contributed by atoms with Gasteiger partial charge in [-0.1, -0.05) is 6.07 Å². The molecule has 0 aliphatic heterocycles. The molecule has 0 aliphatic rings. The molecule has 1 heterocycles. The molecule has 1 amide bonds. The molecule has 0 bridgehead atoms. The Morgan fingerprint density at radius 1 is 1.22 bits per heavy atom. The summed E-state index contributed by atoms with van der Waals surface area (Å²) >= 11 is 0. The maximum absolute atomic E-state index is 11.9. The van der Waals surface area contributed by atoms with E-state index in [0.717, 1.165) is 16.8 Å². The Morgan fingerprint density at radius 2 is 1.89 bits per heavy atom. The van der Waals surface area contributed by atoms with Crippen LogP contribution >= 0.6 is 0 Å². The Hall–Kier alpha value is -2.30. The highest BCUT2D eigenvalue weighted by atomic mass is 16.5. The smallest absolute Gasteiger partial charge is 0.294 e. The third kappa shape index (κ3) is 2.68. The summed E-state index contributed by atoms with van der Waals surface area (Å²) in [5, 5.41) is 6.32. The number of hydrogen-bond acceptors (Lipinski definition) is 4. The minimum absolute atomic E-state index is 0.117. The average Bonchev–Trinajstić information content (AvgIpc) is 2.75. The lowest BCUT2D eigenvalue weighted by Crippen LogP contribution is -2.11. The van der Waals surface area contributed by atoms with Crippen molar-refractivity contribution in [3.63, 3.8) is 0 Å². The molecule has 18 heavy (non-hydrogen) atoms. The fraction of sp³-hybridized carbons (Fsp3) is 0.231. The molecule has 0 saturated heterocycles. The van der Waals surface area contributed by atoms with Crippen molar-refractivity contribution in [3.05, 3.63) is 41.2 Å². The molecule has 0 spiro atoms. The van der Waals surface area contributed by atoms with Crippen molar-refractivity contribution in [3.8, 4) is 5.88 Å². The number of methoxy groups -OCH3 is 1. The van der Waals surface area contributed by atoms with Crippen molar-refractivity contribution < 1.29 is 14.1 Å². The van der Waals surface area contributed by atoms with Crippen molar-refractivity contribution in [2.45, 2.75) is 13.8 Å². The Kier molecular flexibility index (Phi) is 3.32. The average molecular weight is 246 g/mol. The van der Waals surface area contributed by atoms with Crippen LogP contribution in [0.15, 0.2) is 28.8 Å². The van der Waals surface area contributed by atoms with Gasteiger partial charge in [0, 0.05) is 5.69 Å². The van der Waals surface area contributed by atoms with Crippen LogP contribution in [-0.4, -0.2) is 18.2 Å². The summed E-state index contributed by atoms with van der Waals surface area (Å²) < 4.78 is 9.71. The number of hydrogen-bond donors (Lipinski definition) is 1. The molecule has 5 heteroatoms. The van der Waals surface area contributed by atoms with Gasteiger partial charge in [0.15, 0.2) is 0 Å². The number of aromatic nitrogens is 1. The van der Waals surface area contributed by atoms with Crippen LogP contribution in [-0.2, 0) is 0 Å². The zero-order valence-electron chi connectivity index (χ0n) is 10.5. The Bertz CT molecular complexity index is 555. The number of ether oxygens (including phenoxy) is 1. The standard InChI is InChI=1S/C13H14N2O3/c1-8-4-9(2)6-10(5-8)14-13(16)11-7-12(17-3)15-18-11/h4-7H,1-3H3,(H,14,16). The van der Waals surface area contributed by atoms with E-state index in [9.17, 15) is 4.79 Å². The van der Waals surface area contributed by atoms with Crippen LogP contribution in [0.5, 0.6) is 5.88 Å². The van der Waals surface area contributed by atoms with E-state index in [4.69, 9.17) is 9.26 Å². The molecule has 1 N–H and O–H groups in total. The maximum atomic E-state index is 11.9. The van der Waals surface area contributed by atoms with Crippen molar-refractivity contribution in [2.75, 3.05) is 12.4 Å². The molecule has 5 nitrogen and oxygen atoms in total. The van der Waals surface area contributed by atoms with Gasteiger partial charge in [-0.2, -0.15) is 0 Å². The zero-order chi connectivity index (χ0) is 13.1. The fourth-order valence-corrected chi connectivity index (χ4v) is 1.70. The molecule has 0 aliphatic carbocycles. The second kappa shape index (κ2) is 4.91. The van der Waals surface area contributed by atoms with Crippen LogP contribution in [0, 0.1) is 13.8 Å². The van der Waals surface area contributed by atoms with Crippen LogP contribution < -0.4 is 10.1 Å². The first-order chi connectivity index (χ1) is 8.58. The Balaban J connectivity index is 2.15. The molecule has 2 aromatic rings. The van der Waals surface area contributed by atoms with Gasteiger partial charge in [0.05, 0.1) is 13.2 Å². The number of anilines is 1. The van der Waals surface area contributed by atoms with Crippen molar-refractivity contribution in [1.29, 1.82) is 0 Å². The minimum atomic E-state index is -0.351. The second-order valence-electron chi connectivity index (χ2n) is 4.06. The summed E-state index contributed by atoms with van der Waals surface area (Å²) in [4.78, 5) is 11.9. The predicted octanol–water partition coefficient (Wildman–Crippen LogP) is 2.55. The summed E-state index contributed by atoms with van der Waals surface area (Å²) in [6, 6.07) is 7.25. The minimum Gasteiger partial charge on any atom is -0.479 e. The Labute approximate surface area is 105 Å². The lowest BCUT2D eigenvalue weighted by atomic mass is 10.1. The topological polar surface area (TPSA) is 64.4 Å². The van der Waals surface area contributed by atoms with E-state index in [-0.39, 0.29) is 17.5 Å². The molecule has 0 saturated carbocycles. The third-order valence-corrected chi connectivity index (χ3v) is 2.40. The van der Waals surface area contributed by atoms with Crippen LogP contribution in [0.4, 0.5) is 5.69 Å².